The van der Waals surface area contributed by atoms with Gasteiger partial charge in [-0.25, -0.2) is 0 Å². The molecule has 5 nitrogen and oxygen atoms in total. The van der Waals surface area contributed by atoms with Crippen LogP contribution in [0.3, 0.4) is 0 Å². The zero-order valence-electron chi connectivity index (χ0n) is 13.5. The summed E-state index contributed by atoms with van der Waals surface area (Å²) in [4.78, 5) is 0. The third kappa shape index (κ3) is 3.89. The minimum atomic E-state index is -0.0955. The predicted octanol–water partition coefficient (Wildman–Crippen LogP) is 3.62. The van der Waals surface area contributed by atoms with Crippen LogP contribution in [0, 0.1) is 0 Å². The van der Waals surface area contributed by atoms with Crippen molar-refractivity contribution in [2.75, 3.05) is 0 Å². The monoisotopic (exact) mass is 351 g/mol. The molecule has 0 aliphatic rings. The molecule has 0 bridgehead atoms. The molecular weight excluding hydrogens is 334 g/mol. The Bertz CT molecular complexity index is 951. The molecule has 0 saturated carbocycles. The Morgan fingerprint density at radius 2 is 1.76 bits per heavy atom. The Morgan fingerprint density at radius 1 is 1.04 bits per heavy atom. The van der Waals surface area contributed by atoms with Crippen LogP contribution < -0.4 is 11.5 Å². The molecule has 126 valence electrons. The molecule has 25 heavy (non-hydrogen) atoms. The third-order valence-corrected chi connectivity index (χ3v) is 4.11. The molecule has 0 aliphatic heterocycles. The van der Waals surface area contributed by atoms with E-state index in [1.807, 2.05) is 47.0 Å². The summed E-state index contributed by atoms with van der Waals surface area (Å²) in [7, 11) is 0. The molecule has 4 N–H and O–H groups in total. The van der Waals surface area contributed by atoms with E-state index in [2.05, 4.69) is 34.5 Å². The highest BCUT2D eigenvalue weighted by Gasteiger charge is 2.13. The molecule has 1 aromatic heterocycles. The van der Waals surface area contributed by atoms with Gasteiger partial charge in [-0.15, -0.1) is 5.10 Å². The Morgan fingerprint density at radius 3 is 2.52 bits per heavy atom. The van der Waals surface area contributed by atoms with Gasteiger partial charge in [0.15, 0.2) is 0 Å². The molecule has 0 unspecified atom stereocenters. The first-order valence-electron chi connectivity index (χ1n) is 7.77. The van der Waals surface area contributed by atoms with Crippen LogP contribution in [-0.2, 0) is 6.54 Å². The number of fused-ring (bicyclic) bond motifs is 1. The fraction of sp³-hybridized carbons (Fsp3) is 0.0526. The van der Waals surface area contributed by atoms with Crippen molar-refractivity contribution in [1.29, 1.82) is 0 Å². The van der Waals surface area contributed by atoms with Crippen LogP contribution in [0.5, 0.6) is 0 Å². The highest BCUT2D eigenvalue weighted by Crippen LogP contribution is 2.29. The minimum Gasteiger partial charge on any atom is -0.369 e. The van der Waals surface area contributed by atoms with E-state index in [0.29, 0.717) is 11.7 Å². The number of aromatic nitrogens is 1. The largest absolute Gasteiger partial charge is 0.369 e. The Balaban J connectivity index is 1.95. The standard InChI is InChI=1S/C19H18ClN5/c20-18-16(13-23-24-19(21)22)15-10-4-5-11-17(15)25(18)12-6-9-14-7-2-1-3-8-14/h1-11,13H,12H2,(H4,21,22,24)/b9-6+,23-13+. The number of hydrogen-bond donors (Lipinski definition) is 2. The van der Waals surface area contributed by atoms with Crippen molar-refractivity contribution in [1.82, 2.24) is 4.57 Å². The smallest absolute Gasteiger partial charge is 0.211 e. The summed E-state index contributed by atoms with van der Waals surface area (Å²) in [6, 6.07) is 18.1. The van der Waals surface area contributed by atoms with Crippen LogP contribution in [0.1, 0.15) is 11.1 Å². The van der Waals surface area contributed by atoms with Crippen molar-refractivity contribution in [2.24, 2.45) is 21.7 Å². The van der Waals surface area contributed by atoms with Crippen LogP contribution in [0.15, 0.2) is 70.9 Å². The summed E-state index contributed by atoms with van der Waals surface area (Å²) in [6.45, 7) is 0.643. The van der Waals surface area contributed by atoms with E-state index in [1.54, 1.807) is 6.21 Å². The van der Waals surface area contributed by atoms with E-state index >= 15 is 0 Å². The summed E-state index contributed by atoms with van der Waals surface area (Å²) in [5, 5.41) is 9.12. The van der Waals surface area contributed by atoms with E-state index in [9.17, 15) is 0 Å². The molecule has 3 rings (SSSR count). The number of rotatable bonds is 5. The zero-order valence-corrected chi connectivity index (χ0v) is 14.3. The average molecular weight is 352 g/mol. The van der Waals surface area contributed by atoms with E-state index in [4.69, 9.17) is 23.1 Å². The first kappa shape index (κ1) is 16.8. The molecule has 1 heterocycles. The first-order chi connectivity index (χ1) is 12.2. The van der Waals surface area contributed by atoms with Crippen LogP contribution in [0.4, 0.5) is 0 Å². The molecule has 0 amide bonds. The van der Waals surface area contributed by atoms with Gasteiger partial charge in [0.1, 0.15) is 5.15 Å². The zero-order chi connectivity index (χ0) is 17.6. The number of nitrogens with zero attached hydrogens (tertiary/aromatic N) is 3. The first-order valence-corrected chi connectivity index (χ1v) is 8.15. The van der Waals surface area contributed by atoms with Crippen molar-refractivity contribution < 1.29 is 0 Å². The second-order valence-corrected chi connectivity index (χ2v) is 5.77. The quantitative estimate of drug-likeness (QED) is 0.418. The number of guanidine groups is 1. The van der Waals surface area contributed by atoms with Gasteiger partial charge in [-0.1, -0.05) is 72.3 Å². The van der Waals surface area contributed by atoms with Gasteiger partial charge >= 0.3 is 0 Å². The number of benzene rings is 2. The molecule has 3 aromatic rings. The lowest BCUT2D eigenvalue weighted by molar-refractivity contribution is 0.867. The maximum absolute atomic E-state index is 6.58. The third-order valence-electron chi connectivity index (χ3n) is 3.70. The molecule has 2 aromatic carbocycles. The maximum Gasteiger partial charge on any atom is 0.211 e. The lowest BCUT2D eigenvalue weighted by Gasteiger charge is -2.03. The molecule has 0 radical (unpaired) electrons. The van der Waals surface area contributed by atoms with Crippen LogP contribution in [0.25, 0.3) is 17.0 Å². The number of hydrogen-bond acceptors (Lipinski definition) is 2. The summed E-state index contributed by atoms with van der Waals surface area (Å²) in [5.41, 5.74) is 13.6. The summed E-state index contributed by atoms with van der Waals surface area (Å²) in [6.07, 6.45) is 5.71. The van der Waals surface area contributed by atoms with Gasteiger partial charge in [-0.05, 0) is 11.6 Å². The molecule has 0 spiro atoms. The molecular formula is C19H18ClN5. The van der Waals surface area contributed by atoms with Gasteiger partial charge in [-0.3, -0.25) is 0 Å². The van der Waals surface area contributed by atoms with E-state index in [0.717, 1.165) is 22.0 Å². The SMILES string of the molecule is NC(N)=N/N=C/c1c(Cl)n(C/C=C/c2ccccc2)c2ccccc12. The summed E-state index contributed by atoms with van der Waals surface area (Å²) < 4.78 is 2.02. The van der Waals surface area contributed by atoms with E-state index in [-0.39, 0.29) is 5.96 Å². The van der Waals surface area contributed by atoms with Gasteiger partial charge in [-0.2, -0.15) is 5.10 Å². The predicted molar refractivity (Wildman–Crippen MR) is 106 cm³/mol. The minimum absolute atomic E-state index is 0.0955. The second-order valence-electron chi connectivity index (χ2n) is 5.41. The summed E-state index contributed by atoms with van der Waals surface area (Å²) in [5.74, 6) is -0.0955. The summed E-state index contributed by atoms with van der Waals surface area (Å²) >= 11 is 6.58. The van der Waals surface area contributed by atoms with Gasteiger partial charge in [0.2, 0.25) is 5.96 Å². The fourth-order valence-electron chi connectivity index (χ4n) is 2.61. The highest BCUT2D eigenvalue weighted by atomic mass is 35.5. The normalized spacial score (nSPS) is 11.6. The van der Waals surface area contributed by atoms with Crippen molar-refractivity contribution in [3.8, 4) is 0 Å². The molecule has 0 fully saturated rings. The Labute approximate surface area is 150 Å². The van der Waals surface area contributed by atoms with Crippen molar-refractivity contribution in [3.05, 3.63) is 77.0 Å². The van der Waals surface area contributed by atoms with E-state index < -0.39 is 0 Å². The highest BCUT2D eigenvalue weighted by molar-refractivity contribution is 6.34. The Hall–Kier alpha value is -3.05. The fourth-order valence-corrected chi connectivity index (χ4v) is 2.92. The Kier molecular flexibility index (Phi) is 5.16. The lowest BCUT2D eigenvalue weighted by atomic mass is 10.2. The molecule has 0 aliphatic carbocycles. The second kappa shape index (κ2) is 7.68. The topological polar surface area (TPSA) is 81.7 Å². The maximum atomic E-state index is 6.58. The van der Waals surface area contributed by atoms with Crippen molar-refractivity contribution >= 4 is 40.8 Å². The number of nitrogens with two attached hydrogens (primary N) is 2. The van der Waals surface area contributed by atoms with Crippen LogP contribution in [-0.4, -0.2) is 16.7 Å². The van der Waals surface area contributed by atoms with Crippen LogP contribution >= 0.6 is 11.6 Å². The lowest BCUT2D eigenvalue weighted by Crippen LogP contribution is -2.21. The molecule has 0 atom stereocenters. The van der Waals surface area contributed by atoms with Crippen molar-refractivity contribution in [2.45, 2.75) is 6.54 Å². The van der Waals surface area contributed by atoms with Gasteiger partial charge in [0, 0.05) is 17.5 Å². The number of para-hydroxylation sites is 1. The van der Waals surface area contributed by atoms with Gasteiger partial charge in [0.25, 0.3) is 0 Å². The number of allylic oxidation sites excluding steroid dienone is 1. The van der Waals surface area contributed by atoms with Crippen LogP contribution in [0.2, 0.25) is 5.15 Å². The van der Waals surface area contributed by atoms with Gasteiger partial charge in [0.05, 0.1) is 11.7 Å². The molecule has 6 heteroatoms. The van der Waals surface area contributed by atoms with Gasteiger partial charge < -0.3 is 16.0 Å². The van der Waals surface area contributed by atoms with Crippen molar-refractivity contribution in [3.63, 3.8) is 0 Å². The average Bonchev–Trinajstić information content (AvgIpc) is 2.88. The molecule has 0 saturated heterocycles. The number of halogens is 1. The van der Waals surface area contributed by atoms with E-state index in [1.165, 1.54) is 0 Å².